The lowest BCUT2D eigenvalue weighted by atomic mass is 10.2. The molecule has 8 nitrogen and oxygen atoms in total. The number of carboxylic acid groups (broad SMARTS) is 1. The third-order valence-corrected chi connectivity index (χ3v) is 3.79. The molecule has 0 amide bonds. The summed E-state index contributed by atoms with van der Waals surface area (Å²) >= 11 is 0. The molecule has 0 saturated carbocycles. The van der Waals surface area contributed by atoms with Crippen LogP contribution in [-0.2, 0) is 21.4 Å². The zero-order valence-electron chi connectivity index (χ0n) is 10.5. The molecule has 0 bridgehead atoms. The molecule has 0 saturated heterocycles. The van der Waals surface area contributed by atoms with Gasteiger partial charge in [-0.25, -0.2) is 13.1 Å². The molecule has 1 heterocycles. The van der Waals surface area contributed by atoms with Crippen molar-refractivity contribution in [1.82, 2.24) is 14.5 Å². The van der Waals surface area contributed by atoms with Crippen molar-refractivity contribution >= 4 is 16.0 Å². The maximum Gasteiger partial charge on any atom is 0.305 e. The van der Waals surface area contributed by atoms with Gasteiger partial charge in [-0.05, 0) is 5.92 Å². The number of hydrogen-bond acceptors (Lipinski definition) is 5. The molecular formula is C10H17N3O5S. The highest BCUT2D eigenvalue weighted by atomic mass is 32.2. The SMILES string of the molecule is CC(CO)CNS(=O)(=O)c1cnn(CCC(=O)O)c1. The Kier molecular flexibility index (Phi) is 5.45. The van der Waals surface area contributed by atoms with E-state index < -0.39 is 16.0 Å². The zero-order valence-corrected chi connectivity index (χ0v) is 11.3. The number of aryl methyl sites for hydroxylation is 1. The van der Waals surface area contributed by atoms with Gasteiger partial charge in [-0.1, -0.05) is 6.92 Å². The number of aliphatic hydroxyl groups is 1. The molecule has 1 aromatic rings. The quantitative estimate of drug-likeness (QED) is 0.580. The molecule has 0 aliphatic rings. The van der Waals surface area contributed by atoms with Crippen molar-refractivity contribution in [3.05, 3.63) is 12.4 Å². The highest BCUT2D eigenvalue weighted by molar-refractivity contribution is 7.89. The monoisotopic (exact) mass is 291 g/mol. The fraction of sp³-hybridized carbons (Fsp3) is 0.600. The van der Waals surface area contributed by atoms with Gasteiger partial charge in [0.25, 0.3) is 0 Å². The molecule has 1 unspecified atom stereocenters. The molecule has 0 spiro atoms. The Labute approximate surface area is 111 Å². The maximum atomic E-state index is 11.8. The smallest absolute Gasteiger partial charge is 0.305 e. The van der Waals surface area contributed by atoms with E-state index in [1.54, 1.807) is 6.92 Å². The Morgan fingerprint density at radius 3 is 2.84 bits per heavy atom. The molecule has 0 aromatic carbocycles. The summed E-state index contributed by atoms with van der Waals surface area (Å²) in [7, 11) is -3.68. The topological polar surface area (TPSA) is 122 Å². The fourth-order valence-corrected chi connectivity index (χ4v) is 2.33. The summed E-state index contributed by atoms with van der Waals surface area (Å²) in [6.45, 7) is 1.83. The van der Waals surface area contributed by atoms with Crippen molar-refractivity contribution in [1.29, 1.82) is 0 Å². The number of nitrogens with zero attached hydrogens (tertiary/aromatic N) is 2. The number of aromatic nitrogens is 2. The molecule has 1 rings (SSSR count). The lowest BCUT2D eigenvalue weighted by Gasteiger charge is -2.08. The number of sulfonamides is 1. The molecule has 9 heteroatoms. The largest absolute Gasteiger partial charge is 0.481 e. The van der Waals surface area contributed by atoms with Crippen molar-refractivity contribution in [3.63, 3.8) is 0 Å². The summed E-state index contributed by atoms with van der Waals surface area (Å²) in [6, 6.07) is 0. The van der Waals surface area contributed by atoms with Crippen molar-refractivity contribution in [3.8, 4) is 0 Å². The Morgan fingerprint density at radius 2 is 2.26 bits per heavy atom. The normalized spacial score (nSPS) is 13.4. The van der Waals surface area contributed by atoms with Gasteiger partial charge in [0.2, 0.25) is 10.0 Å². The average Bonchev–Trinajstić information content (AvgIpc) is 2.83. The van der Waals surface area contributed by atoms with Gasteiger partial charge < -0.3 is 10.2 Å². The first-order chi connectivity index (χ1) is 8.85. The second-order valence-corrected chi connectivity index (χ2v) is 5.99. The Hall–Kier alpha value is -1.45. The van der Waals surface area contributed by atoms with Crippen molar-refractivity contribution in [2.75, 3.05) is 13.2 Å². The average molecular weight is 291 g/mol. The van der Waals surface area contributed by atoms with E-state index in [2.05, 4.69) is 9.82 Å². The van der Waals surface area contributed by atoms with Crippen LogP contribution in [0.2, 0.25) is 0 Å². The molecule has 0 aliphatic heterocycles. The van der Waals surface area contributed by atoms with Gasteiger partial charge >= 0.3 is 5.97 Å². The van der Waals surface area contributed by atoms with Crippen molar-refractivity contribution in [2.24, 2.45) is 5.92 Å². The van der Waals surface area contributed by atoms with E-state index in [9.17, 15) is 13.2 Å². The minimum Gasteiger partial charge on any atom is -0.481 e. The first-order valence-electron chi connectivity index (χ1n) is 5.70. The third-order valence-electron chi connectivity index (χ3n) is 2.41. The highest BCUT2D eigenvalue weighted by Crippen LogP contribution is 2.07. The highest BCUT2D eigenvalue weighted by Gasteiger charge is 2.17. The first-order valence-corrected chi connectivity index (χ1v) is 7.18. The summed E-state index contributed by atoms with van der Waals surface area (Å²) in [5, 5.41) is 21.1. The van der Waals surface area contributed by atoms with E-state index in [1.165, 1.54) is 10.9 Å². The van der Waals surface area contributed by atoms with Crippen LogP contribution in [0.25, 0.3) is 0 Å². The van der Waals surface area contributed by atoms with Crippen LogP contribution < -0.4 is 4.72 Å². The van der Waals surface area contributed by atoms with Crippen LogP contribution in [0.4, 0.5) is 0 Å². The molecule has 19 heavy (non-hydrogen) atoms. The number of aliphatic carboxylic acids is 1. The maximum absolute atomic E-state index is 11.8. The van der Waals surface area contributed by atoms with E-state index >= 15 is 0 Å². The lowest BCUT2D eigenvalue weighted by molar-refractivity contribution is -0.137. The predicted molar refractivity (Wildman–Crippen MR) is 65.9 cm³/mol. The lowest BCUT2D eigenvalue weighted by Crippen LogP contribution is -2.29. The van der Waals surface area contributed by atoms with Gasteiger partial charge in [0.15, 0.2) is 0 Å². The van der Waals surface area contributed by atoms with Gasteiger partial charge in [0.1, 0.15) is 4.90 Å². The Bertz CT molecular complexity index is 525. The van der Waals surface area contributed by atoms with E-state index in [1.807, 2.05) is 0 Å². The van der Waals surface area contributed by atoms with E-state index in [4.69, 9.17) is 10.2 Å². The fourth-order valence-electron chi connectivity index (χ4n) is 1.22. The van der Waals surface area contributed by atoms with E-state index in [0.717, 1.165) is 6.20 Å². The van der Waals surface area contributed by atoms with Crippen LogP contribution in [0.3, 0.4) is 0 Å². The van der Waals surface area contributed by atoms with Crippen LogP contribution in [-0.4, -0.2) is 47.5 Å². The molecule has 0 aliphatic carbocycles. The van der Waals surface area contributed by atoms with Crippen LogP contribution >= 0.6 is 0 Å². The predicted octanol–water partition coefficient (Wildman–Crippen LogP) is -0.735. The molecule has 108 valence electrons. The van der Waals surface area contributed by atoms with E-state index in [-0.39, 0.29) is 36.9 Å². The summed E-state index contributed by atoms with van der Waals surface area (Å²) < 4.78 is 27.3. The molecule has 1 atom stereocenters. The number of nitrogens with one attached hydrogen (secondary N) is 1. The Morgan fingerprint density at radius 1 is 1.58 bits per heavy atom. The number of rotatable bonds is 8. The van der Waals surface area contributed by atoms with Crippen LogP contribution in [0.5, 0.6) is 0 Å². The summed E-state index contributed by atoms with van der Waals surface area (Å²) in [4.78, 5) is 10.4. The first kappa shape index (κ1) is 15.6. The summed E-state index contributed by atoms with van der Waals surface area (Å²) in [5.74, 6) is -1.16. The minimum atomic E-state index is -3.68. The molecule has 1 aromatic heterocycles. The zero-order chi connectivity index (χ0) is 14.5. The van der Waals surface area contributed by atoms with Crippen LogP contribution in [0.1, 0.15) is 13.3 Å². The van der Waals surface area contributed by atoms with Gasteiger partial charge in [-0.2, -0.15) is 5.10 Å². The van der Waals surface area contributed by atoms with E-state index in [0.29, 0.717) is 0 Å². The Balaban J connectivity index is 2.66. The molecular weight excluding hydrogens is 274 g/mol. The minimum absolute atomic E-state index is 0.0250. The molecule has 0 radical (unpaired) electrons. The van der Waals surface area contributed by atoms with Crippen molar-refractivity contribution < 1.29 is 23.4 Å². The van der Waals surface area contributed by atoms with Gasteiger partial charge in [0.05, 0.1) is 19.2 Å². The number of carboxylic acids is 1. The van der Waals surface area contributed by atoms with Crippen molar-refractivity contribution in [2.45, 2.75) is 24.8 Å². The summed E-state index contributed by atoms with van der Waals surface area (Å²) in [5.41, 5.74) is 0. The third kappa shape index (κ3) is 4.97. The molecule has 0 fully saturated rings. The number of carbonyl (C=O) groups is 1. The van der Waals surface area contributed by atoms with Crippen LogP contribution in [0, 0.1) is 5.92 Å². The van der Waals surface area contributed by atoms with Gasteiger partial charge in [-0.3, -0.25) is 9.48 Å². The standard InChI is InChI=1S/C10H17N3O5S/c1-8(7-14)4-12-19(17,18)9-5-11-13(6-9)3-2-10(15)16/h5-6,8,12,14H,2-4,7H2,1H3,(H,15,16). The molecule has 3 N–H and O–H groups in total. The second kappa shape index (κ2) is 6.64. The number of aliphatic hydroxyl groups excluding tert-OH is 1. The van der Waals surface area contributed by atoms with Gasteiger partial charge in [0, 0.05) is 19.3 Å². The summed E-state index contributed by atoms with van der Waals surface area (Å²) in [6.07, 6.45) is 2.30. The van der Waals surface area contributed by atoms with Gasteiger partial charge in [-0.15, -0.1) is 0 Å². The van der Waals surface area contributed by atoms with Crippen LogP contribution in [0.15, 0.2) is 17.3 Å². The number of hydrogen-bond donors (Lipinski definition) is 3. The second-order valence-electron chi connectivity index (χ2n) is 4.22.